The van der Waals surface area contributed by atoms with E-state index in [2.05, 4.69) is 20.4 Å². The molecule has 1 rings (SSSR count). The summed E-state index contributed by atoms with van der Waals surface area (Å²) in [6, 6.07) is 0. The van der Waals surface area contributed by atoms with Crippen molar-refractivity contribution in [1.29, 1.82) is 0 Å². The van der Waals surface area contributed by atoms with Gasteiger partial charge in [0.2, 0.25) is 0 Å². The Labute approximate surface area is 87.3 Å². The molecule has 0 atom stereocenters. The summed E-state index contributed by atoms with van der Waals surface area (Å²) in [6.45, 7) is 11.7. The topological polar surface area (TPSA) is 18.5 Å². The number of ether oxygens (including phenoxy) is 2. The van der Waals surface area contributed by atoms with Gasteiger partial charge in [-0.3, -0.25) is 0 Å². The Kier molecular flexibility index (Phi) is 3.73. The molecule has 0 aliphatic carbocycles. The van der Waals surface area contributed by atoms with E-state index in [0.29, 0.717) is 0 Å². The number of allylic oxidation sites excluding steroid dienone is 1. The van der Waals surface area contributed by atoms with Crippen LogP contribution in [0.5, 0.6) is 0 Å². The van der Waals surface area contributed by atoms with E-state index in [-0.39, 0.29) is 11.2 Å². The molecule has 0 radical (unpaired) electrons. The predicted molar refractivity (Wildman–Crippen MR) is 58.1 cm³/mol. The summed E-state index contributed by atoms with van der Waals surface area (Å²) in [7, 11) is 0. The van der Waals surface area contributed by atoms with Gasteiger partial charge in [0, 0.05) is 11.8 Å². The van der Waals surface area contributed by atoms with Crippen LogP contribution >= 0.6 is 0 Å². The summed E-state index contributed by atoms with van der Waals surface area (Å²) < 4.78 is 11.6. The van der Waals surface area contributed by atoms with Gasteiger partial charge in [0.05, 0.1) is 13.2 Å². The minimum absolute atomic E-state index is 0.202. The van der Waals surface area contributed by atoms with Gasteiger partial charge in [-0.15, -0.1) is 6.58 Å². The van der Waals surface area contributed by atoms with Gasteiger partial charge in [0.15, 0.2) is 5.79 Å². The molecule has 0 amide bonds. The average Bonchev–Trinajstić information content (AvgIpc) is 2.21. The number of hydrogen-bond donors (Lipinski definition) is 0. The van der Waals surface area contributed by atoms with Gasteiger partial charge in [-0.2, -0.15) is 0 Å². The lowest BCUT2D eigenvalue weighted by Crippen LogP contribution is -2.46. The highest BCUT2D eigenvalue weighted by atomic mass is 16.7. The minimum atomic E-state index is -0.386. The molecule has 2 heteroatoms. The van der Waals surface area contributed by atoms with Crippen LogP contribution in [0.3, 0.4) is 0 Å². The summed E-state index contributed by atoms with van der Waals surface area (Å²) >= 11 is 0. The SMILES string of the molecule is C=CCCC1(C)OCC(C)(CC)CO1. The normalized spacial score (nSPS) is 38.2. The largest absolute Gasteiger partial charge is 0.350 e. The van der Waals surface area contributed by atoms with Gasteiger partial charge in [-0.05, 0) is 19.8 Å². The van der Waals surface area contributed by atoms with Crippen molar-refractivity contribution in [2.24, 2.45) is 5.41 Å². The molecule has 0 aromatic carbocycles. The van der Waals surface area contributed by atoms with E-state index in [4.69, 9.17) is 9.47 Å². The Morgan fingerprint density at radius 3 is 2.29 bits per heavy atom. The first kappa shape index (κ1) is 11.7. The van der Waals surface area contributed by atoms with Crippen molar-refractivity contribution in [3.63, 3.8) is 0 Å². The average molecular weight is 198 g/mol. The van der Waals surface area contributed by atoms with Crippen LogP contribution in [0.25, 0.3) is 0 Å². The second-order valence-corrected chi connectivity index (χ2v) is 4.70. The molecule has 0 N–H and O–H groups in total. The molecular weight excluding hydrogens is 176 g/mol. The number of rotatable bonds is 4. The molecule has 1 aliphatic heterocycles. The molecule has 0 spiro atoms. The van der Waals surface area contributed by atoms with Gasteiger partial charge in [0.25, 0.3) is 0 Å². The molecule has 1 heterocycles. The summed E-state index contributed by atoms with van der Waals surface area (Å²) in [5.74, 6) is -0.386. The molecule has 2 nitrogen and oxygen atoms in total. The Morgan fingerprint density at radius 1 is 1.29 bits per heavy atom. The third-order valence-electron chi connectivity index (χ3n) is 3.11. The second kappa shape index (κ2) is 4.45. The van der Waals surface area contributed by atoms with Crippen molar-refractivity contribution in [1.82, 2.24) is 0 Å². The fourth-order valence-electron chi connectivity index (χ4n) is 1.45. The van der Waals surface area contributed by atoms with Crippen LogP contribution in [0, 0.1) is 5.41 Å². The van der Waals surface area contributed by atoms with E-state index in [9.17, 15) is 0 Å². The monoisotopic (exact) mass is 198 g/mol. The van der Waals surface area contributed by atoms with Crippen molar-refractivity contribution < 1.29 is 9.47 Å². The molecule has 1 aliphatic rings. The number of hydrogen-bond acceptors (Lipinski definition) is 2. The summed E-state index contributed by atoms with van der Waals surface area (Å²) in [5.41, 5.74) is 0.202. The van der Waals surface area contributed by atoms with Crippen molar-refractivity contribution in [2.45, 2.75) is 45.8 Å². The quantitative estimate of drug-likeness (QED) is 0.646. The predicted octanol–water partition coefficient (Wildman–Crippen LogP) is 3.13. The lowest BCUT2D eigenvalue weighted by Gasteiger charge is -2.42. The second-order valence-electron chi connectivity index (χ2n) is 4.70. The molecule has 1 saturated heterocycles. The molecule has 0 aromatic heterocycles. The van der Waals surface area contributed by atoms with Crippen LogP contribution in [0.1, 0.15) is 40.0 Å². The molecule has 0 aromatic rings. The van der Waals surface area contributed by atoms with Gasteiger partial charge in [-0.1, -0.05) is 19.9 Å². The maximum atomic E-state index is 5.80. The van der Waals surface area contributed by atoms with E-state index in [1.54, 1.807) is 0 Å². The van der Waals surface area contributed by atoms with E-state index in [0.717, 1.165) is 32.5 Å². The summed E-state index contributed by atoms with van der Waals surface area (Å²) in [6.07, 6.45) is 4.85. The molecule has 82 valence electrons. The lowest BCUT2D eigenvalue weighted by molar-refractivity contribution is -0.294. The zero-order valence-corrected chi connectivity index (χ0v) is 9.64. The fourth-order valence-corrected chi connectivity index (χ4v) is 1.45. The zero-order chi connectivity index (χ0) is 10.7. The van der Waals surface area contributed by atoms with E-state index >= 15 is 0 Å². The van der Waals surface area contributed by atoms with Gasteiger partial charge >= 0.3 is 0 Å². The van der Waals surface area contributed by atoms with Crippen molar-refractivity contribution in [2.75, 3.05) is 13.2 Å². The molecular formula is C12H22O2. The van der Waals surface area contributed by atoms with Crippen LogP contribution in [0.4, 0.5) is 0 Å². The first-order chi connectivity index (χ1) is 6.54. The lowest BCUT2D eigenvalue weighted by atomic mass is 9.88. The third-order valence-corrected chi connectivity index (χ3v) is 3.11. The molecule has 14 heavy (non-hydrogen) atoms. The van der Waals surface area contributed by atoms with Gasteiger partial charge in [0.1, 0.15) is 0 Å². The summed E-state index contributed by atoms with van der Waals surface area (Å²) in [4.78, 5) is 0. The van der Waals surface area contributed by atoms with Crippen LogP contribution in [0.2, 0.25) is 0 Å². The maximum absolute atomic E-state index is 5.80. The van der Waals surface area contributed by atoms with E-state index in [1.165, 1.54) is 0 Å². The van der Waals surface area contributed by atoms with Crippen LogP contribution < -0.4 is 0 Å². The Bertz CT molecular complexity index is 190. The first-order valence-electron chi connectivity index (χ1n) is 5.42. The molecule has 0 unspecified atom stereocenters. The Hall–Kier alpha value is -0.340. The van der Waals surface area contributed by atoms with Crippen molar-refractivity contribution in [3.8, 4) is 0 Å². The van der Waals surface area contributed by atoms with E-state index in [1.807, 2.05) is 13.0 Å². The van der Waals surface area contributed by atoms with E-state index < -0.39 is 0 Å². The highest BCUT2D eigenvalue weighted by molar-refractivity contribution is 4.81. The standard InChI is InChI=1S/C12H22O2/c1-5-7-8-12(4)13-9-11(3,6-2)10-14-12/h5H,1,6-10H2,2-4H3. The van der Waals surface area contributed by atoms with Crippen LogP contribution in [-0.2, 0) is 9.47 Å². The minimum Gasteiger partial charge on any atom is -0.350 e. The first-order valence-corrected chi connectivity index (χ1v) is 5.42. The van der Waals surface area contributed by atoms with Crippen LogP contribution in [-0.4, -0.2) is 19.0 Å². The molecule has 0 saturated carbocycles. The Morgan fingerprint density at radius 2 is 1.86 bits per heavy atom. The fraction of sp³-hybridized carbons (Fsp3) is 0.833. The van der Waals surface area contributed by atoms with Crippen molar-refractivity contribution >= 4 is 0 Å². The third kappa shape index (κ3) is 2.82. The molecule has 0 bridgehead atoms. The molecule has 1 fully saturated rings. The van der Waals surface area contributed by atoms with Crippen LogP contribution in [0.15, 0.2) is 12.7 Å². The van der Waals surface area contributed by atoms with Crippen molar-refractivity contribution in [3.05, 3.63) is 12.7 Å². The van der Waals surface area contributed by atoms with Gasteiger partial charge < -0.3 is 9.47 Å². The highest BCUT2D eigenvalue weighted by Crippen LogP contribution is 2.34. The maximum Gasteiger partial charge on any atom is 0.165 e. The zero-order valence-electron chi connectivity index (χ0n) is 9.64. The smallest absolute Gasteiger partial charge is 0.165 e. The highest BCUT2D eigenvalue weighted by Gasteiger charge is 2.37. The summed E-state index contributed by atoms with van der Waals surface area (Å²) in [5, 5.41) is 0. The van der Waals surface area contributed by atoms with Gasteiger partial charge in [-0.25, -0.2) is 0 Å². The Balaban J connectivity index is 2.44.